The topological polar surface area (TPSA) is 32.3 Å². The molecule has 3 heteroatoms. The number of nitrogens with zero attached hydrogens (tertiary/aromatic N) is 1. The van der Waals surface area contributed by atoms with Crippen LogP contribution in [0.1, 0.15) is 43.2 Å². The van der Waals surface area contributed by atoms with E-state index in [-0.39, 0.29) is 0 Å². The van der Waals surface area contributed by atoms with Gasteiger partial charge in [-0.25, -0.2) is 0 Å². The first-order chi connectivity index (χ1) is 10.3. The minimum absolute atomic E-state index is 0.345. The van der Waals surface area contributed by atoms with E-state index >= 15 is 0 Å². The van der Waals surface area contributed by atoms with Gasteiger partial charge in [-0.1, -0.05) is 24.3 Å². The fourth-order valence-corrected chi connectivity index (χ4v) is 3.57. The molecule has 3 nitrogen and oxygen atoms in total. The number of piperidine rings is 1. The third-order valence-electron chi connectivity index (χ3n) is 4.87. The predicted molar refractivity (Wildman–Crippen MR) is 85.0 cm³/mol. The van der Waals surface area contributed by atoms with Crippen LogP contribution in [0.3, 0.4) is 0 Å². The monoisotopic (exact) mass is 286 g/mol. The summed E-state index contributed by atoms with van der Waals surface area (Å²) in [4.78, 5) is 14.6. The van der Waals surface area contributed by atoms with Crippen molar-refractivity contribution in [3.05, 3.63) is 35.4 Å². The lowest BCUT2D eigenvalue weighted by Crippen LogP contribution is -2.33. The molecule has 0 aromatic heterocycles. The molecule has 2 aliphatic rings. The van der Waals surface area contributed by atoms with Crippen LogP contribution < -0.4 is 5.32 Å². The molecule has 3 rings (SSSR count). The molecule has 1 aromatic carbocycles. The molecule has 0 bridgehead atoms. The molecule has 0 saturated carbocycles. The van der Waals surface area contributed by atoms with Gasteiger partial charge in [0.1, 0.15) is 0 Å². The van der Waals surface area contributed by atoms with Crippen LogP contribution in [-0.4, -0.2) is 30.4 Å². The molecule has 1 atom stereocenters. The maximum absolute atomic E-state index is 12.5. The van der Waals surface area contributed by atoms with Crippen molar-refractivity contribution in [3.63, 3.8) is 0 Å². The SMILES string of the molecule is O=C(CCC1CCCNC1)N1CCCc2ccccc2C1. The summed E-state index contributed by atoms with van der Waals surface area (Å²) in [6.45, 7) is 3.96. The fourth-order valence-electron chi connectivity index (χ4n) is 3.57. The number of fused-ring (bicyclic) bond motifs is 1. The maximum Gasteiger partial charge on any atom is 0.222 e. The van der Waals surface area contributed by atoms with Crippen molar-refractivity contribution in [2.75, 3.05) is 19.6 Å². The van der Waals surface area contributed by atoms with E-state index in [0.717, 1.165) is 45.4 Å². The molecule has 1 aromatic rings. The maximum atomic E-state index is 12.5. The van der Waals surface area contributed by atoms with Crippen molar-refractivity contribution in [2.24, 2.45) is 5.92 Å². The van der Waals surface area contributed by atoms with Crippen molar-refractivity contribution >= 4 is 5.91 Å². The molecule has 0 spiro atoms. The van der Waals surface area contributed by atoms with E-state index in [2.05, 4.69) is 34.5 Å². The number of hydrogen-bond acceptors (Lipinski definition) is 2. The van der Waals surface area contributed by atoms with Crippen LogP contribution in [0.25, 0.3) is 0 Å². The van der Waals surface area contributed by atoms with Crippen LogP contribution >= 0.6 is 0 Å². The van der Waals surface area contributed by atoms with Crippen LogP contribution in [0, 0.1) is 5.92 Å². The lowest BCUT2D eigenvalue weighted by atomic mass is 9.94. The number of rotatable bonds is 3. The normalized spacial score (nSPS) is 22.5. The Morgan fingerprint density at radius 3 is 2.90 bits per heavy atom. The van der Waals surface area contributed by atoms with E-state index in [1.54, 1.807) is 0 Å². The van der Waals surface area contributed by atoms with Gasteiger partial charge in [-0.3, -0.25) is 4.79 Å². The van der Waals surface area contributed by atoms with Gasteiger partial charge >= 0.3 is 0 Å². The summed E-state index contributed by atoms with van der Waals surface area (Å²) in [5.41, 5.74) is 2.76. The number of aryl methyl sites for hydroxylation is 1. The molecule has 0 aliphatic carbocycles. The molecule has 1 N–H and O–H groups in total. The van der Waals surface area contributed by atoms with Gasteiger partial charge in [0.25, 0.3) is 0 Å². The first kappa shape index (κ1) is 14.6. The molecule has 1 saturated heterocycles. The summed E-state index contributed by atoms with van der Waals surface area (Å²) in [5.74, 6) is 1.04. The molecule has 0 radical (unpaired) electrons. The van der Waals surface area contributed by atoms with Gasteiger partial charge in [-0.15, -0.1) is 0 Å². The summed E-state index contributed by atoms with van der Waals surface area (Å²) in [6.07, 6.45) is 6.50. The largest absolute Gasteiger partial charge is 0.338 e. The Morgan fingerprint density at radius 1 is 1.24 bits per heavy atom. The van der Waals surface area contributed by atoms with E-state index in [1.165, 1.54) is 24.0 Å². The highest BCUT2D eigenvalue weighted by atomic mass is 16.2. The third kappa shape index (κ3) is 3.85. The number of carbonyl (C=O) groups excluding carboxylic acids is 1. The zero-order valence-corrected chi connectivity index (χ0v) is 12.8. The highest BCUT2D eigenvalue weighted by Gasteiger charge is 2.20. The second kappa shape index (κ2) is 7.08. The second-order valence-corrected chi connectivity index (χ2v) is 6.44. The summed E-state index contributed by atoms with van der Waals surface area (Å²) >= 11 is 0. The first-order valence-electron chi connectivity index (χ1n) is 8.38. The van der Waals surface area contributed by atoms with E-state index in [9.17, 15) is 4.79 Å². The fraction of sp³-hybridized carbons (Fsp3) is 0.611. The lowest BCUT2D eigenvalue weighted by Gasteiger charge is -2.25. The highest BCUT2D eigenvalue weighted by Crippen LogP contribution is 2.21. The summed E-state index contributed by atoms with van der Waals surface area (Å²) in [6, 6.07) is 8.57. The van der Waals surface area contributed by atoms with Crippen molar-refractivity contribution in [3.8, 4) is 0 Å². The minimum Gasteiger partial charge on any atom is -0.338 e. The smallest absolute Gasteiger partial charge is 0.222 e. The number of hydrogen-bond donors (Lipinski definition) is 1. The van der Waals surface area contributed by atoms with Gasteiger partial charge in [-0.2, -0.15) is 0 Å². The Kier molecular flexibility index (Phi) is 4.91. The molecular formula is C18H26N2O. The number of carbonyl (C=O) groups is 1. The summed E-state index contributed by atoms with van der Waals surface area (Å²) in [5, 5.41) is 3.44. The Bertz CT molecular complexity index is 480. The van der Waals surface area contributed by atoms with Crippen LogP contribution in [0.15, 0.2) is 24.3 Å². The lowest BCUT2D eigenvalue weighted by molar-refractivity contribution is -0.132. The molecule has 1 unspecified atom stereocenters. The van der Waals surface area contributed by atoms with E-state index in [1.807, 2.05) is 0 Å². The average molecular weight is 286 g/mol. The Hall–Kier alpha value is -1.35. The van der Waals surface area contributed by atoms with Gasteiger partial charge in [0.15, 0.2) is 0 Å². The molecule has 21 heavy (non-hydrogen) atoms. The zero-order valence-electron chi connectivity index (χ0n) is 12.8. The van der Waals surface area contributed by atoms with Crippen molar-refractivity contribution in [1.29, 1.82) is 0 Å². The molecule has 2 heterocycles. The standard InChI is InChI=1S/C18H26N2O/c21-18(10-9-15-5-3-11-19-13-15)20-12-4-8-16-6-1-2-7-17(16)14-20/h1-2,6-7,15,19H,3-5,8-14H2. The Balaban J connectivity index is 1.55. The van der Waals surface area contributed by atoms with Crippen LogP contribution in [0.4, 0.5) is 0 Å². The van der Waals surface area contributed by atoms with Gasteiger partial charge in [-0.05, 0) is 62.2 Å². The second-order valence-electron chi connectivity index (χ2n) is 6.44. The first-order valence-corrected chi connectivity index (χ1v) is 8.38. The average Bonchev–Trinajstić information content (AvgIpc) is 2.76. The van der Waals surface area contributed by atoms with Crippen molar-refractivity contribution < 1.29 is 4.79 Å². The Labute approximate surface area is 127 Å². The van der Waals surface area contributed by atoms with Crippen molar-refractivity contribution in [2.45, 2.75) is 45.1 Å². The third-order valence-corrected chi connectivity index (χ3v) is 4.87. The predicted octanol–water partition coefficient (Wildman–Crippen LogP) is 2.74. The number of amides is 1. The van der Waals surface area contributed by atoms with Gasteiger partial charge < -0.3 is 10.2 Å². The van der Waals surface area contributed by atoms with E-state index < -0.39 is 0 Å². The molecule has 2 aliphatic heterocycles. The highest BCUT2D eigenvalue weighted by molar-refractivity contribution is 5.76. The van der Waals surface area contributed by atoms with E-state index in [4.69, 9.17) is 0 Å². The Morgan fingerprint density at radius 2 is 2.10 bits per heavy atom. The molecular weight excluding hydrogens is 260 g/mol. The van der Waals surface area contributed by atoms with Crippen LogP contribution in [0.2, 0.25) is 0 Å². The summed E-state index contributed by atoms with van der Waals surface area (Å²) < 4.78 is 0. The molecule has 114 valence electrons. The van der Waals surface area contributed by atoms with Gasteiger partial charge in [0.05, 0.1) is 0 Å². The van der Waals surface area contributed by atoms with Crippen LogP contribution in [0.5, 0.6) is 0 Å². The number of benzene rings is 1. The molecule has 1 fully saturated rings. The molecule has 1 amide bonds. The zero-order chi connectivity index (χ0) is 14.5. The quantitative estimate of drug-likeness (QED) is 0.926. The number of nitrogens with one attached hydrogen (secondary N) is 1. The minimum atomic E-state index is 0.345. The van der Waals surface area contributed by atoms with Crippen molar-refractivity contribution in [1.82, 2.24) is 10.2 Å². The van der Waals surface area contributed by atoms with Gasteiger partial charge in [0, 0.05) is 19.5 Å². The van der Waals surface area contributed by atoms with Crippen LogP contribution in [-0.2, 0) is 17.8 Å². The van der Waals surface area contributed by atoms with E-state index in [0.29, 0.717) is 18.2 Å². The van der Waals surface area contributed by atoms with Gasteiger partial charge in [0.2, 0.25) is 5.91 Å². The summed E-state index contributed by atoms with van der Waals surface area (Å²) in [7, 11) is 0.